The lowest BCUT2D eigenvalue weighted by atomic mass is 10.1. The predicted molar refractivity (Wildman–Crippen MR) is 59.1 cm³/mol. The lowest BCUT2D eigenvalue weighted by Crippen LogP contribution is -2.05. The third-order valence-corrected chi connectivity index (χ3v) is 3.43. The molecule has 0 saturated carbocycles. The van der Waals surface area contributed by atoms with E-state index in [0.717, 1.165) is 18.4 Å². The Morgan fingerprint density at radius 1 is 1.54 bits per heavy atom. The van der Waals surface area contributed by atoms with E-state index in [9.17, 15) is 0 Å². The maximum atomic E-state index is 8.79. The van der Waals surface area contributed by atoms with E-state index in [2.05, 4.69) is 28.7 Å². The molecule has 13 heavy (non-hydrogen) atoms. The minimum atomic E-state index is 0.136. The van der Waals surface area contributed by atoms with Gasteiger partial charge in [-0.2, -0.15) is 5.26 Å². The fourth-order valence-corrected chi connectivity index (χ4v) is 2.69. The molecular formula is C10H9IN2. The molecule has 0 heterocycles. The zero-order valence-corrected chi connectivity index (χ0v) is 9.21. The first kappa shape index (κ1) is 8.97. The number of hydrogen-bond acceptors (Lipinski definition) is 2. The number of benzene rings is 1. The summed E-state index contributed by atoms with van der Waals surface area (Å²) in [4.78, 5) is 0. The molecule has 0 unspecified atom stereocenters. The van der Waals surface area contributed by atoms with Gasteiger partial charge >= 0.3 is 0 Å². The summed E-state index contributed by atoms with van der Waals surface area (Å²) >= 11 is 2.28. The lowest BCUT2D eigenvalue weighted by Gasteiger charge is -2.06. The molecule has 1 atom stereocenters. The van der Waals surface area contributed by atoms with E-state index in [1.54, 1.807) is 0 Å². The van der Waals surface area contributed by atoms with Gasteiger partial charge in [-0.05, 0) is 58.7 Å². The van der Waals surface area contributed by atoms with Crippen LogP contribution in [0.25, 0.3) is 0 Å². The summed E-state index contributed by atoms with van der Waals surface area (Å²) in [5.74, 6) is 0. The minimum absolute atomic E-state index is 0.136. The van der Waals surface area contributed by atoms with Gasteiger partial charge in [-0.1, -0.05) is 0 Å². The number of nitrogens with two attached hydrogens (primary N) is 1. The van der Waals surface area contributed by atoms with Gasteiger partial charge in [0.1, 0.15) is 0 Å². The van der Waals surface area contributed by atoms with Gasteiger partial charge in [-0.3, -0.25) is 0 Å². The maximum Gasteiger partial charge on any atom is 0.0992 e. The molecule has 2 N–H and O–H groups in total. The number of hydrogen-bond donors (Lipinski definition) is 1. The Bertz CT molecular complexity index is 393. The van der Waals surface area contributed by atoms with Gasteiger partial charge in [-0.15, -0.1) is 0 Å². The Morgan fingerprint density at radius 3 is 3.00 bits per heavy atom. The summed E-state index contributed by atoms with van der Waals surface area (Å²) in [5.41, 5.74) is 9.16. The normalized spacial score (nSPS) is 19.6. The van der Waals surface area contributed by atoms with E-state index in [1.165, 1.54) is 14.7 Å². The topological polar surface area (TPSA) is 49.8 Å². The monoisotopic (exact) mass is 284 g/mol. The van der Waals surface area contributed by atoms with Gasteiger partial charge in [0, 0.05) is 9.61 Å². The Balaban J connectivity index is 2.61. The molecule has 2 nitrogen and oxygen atoms in total. The van der Waals surface area contributed by atoms with Crippen LogP contribution in [0.2, 0.25) is 0 Å². The van der Waals surface area contributed by atoms with Crippen molar-refractivity contribution in [2.24, 2.45) is 5.73 Å². The van der Waals surface area contributed by atoms with Gasteiger partial charge in [0.15, 0.2) is 0 Å². The van der Waals surface area contributed by atoms with Crippen LogP contribution < -0.4 is 5.73 Å². The number of fused-ring (bicyclic) bond motifs is 1. The summed E-state index contributed by atoms with van der Waals surface area (Å²) in [6, 6.07) is 6.15. The van der Waals surface area contributed by atoms with Crippen LogP contribution in [0.1, 0.15) is 29.2 Å². The lowest BCUT2D eigenvalue weighted by molar-refractivity contribution is 0.713. The minimum Gasteiger partial charge on any atom is -0.324 e. The number of rotatable bonds is 0. The molecule has 1 aromatic rings. The summed E-state index contributed by atoms with van der Waals surface area (Å²) in [7, 11) is 0. The molecule has 0 bridgehead atoms. The molecule has 1 aliphatic rings. The van der Waals surface area contributed by atoms with Crippen molar-refractivity contribution in [1.29, 1.82) is 5.26 Å². The molecule has 1 aliphatic carbocycles. The van der Waals surface area contributed by atoms with Gasteiger partial charge in [0.05, 0.1) is 11.6 Å². The van der Waals surface area contributed by atoms with Crippen LogP contribution in [0.15, 0.2) is 12.1 Å². The second-order valence-electron chi connectivity index (χ2n) is 3.28. The highest BCUT2D eigenvalue weighted by Gasteiger charge is 2.21. The summed E-state index contributed by atoms with van der Waals surface area (Å²) < 4.78 is 1.18. The molecule has 3 heteroatoms. The van der Waals surface area contributed by atoms with Gasteiger partial charge in [-0.25, -0.2) is 0 Å². The van der Waals surface area contributed by atoms with Crippen LogP contribution >= 0.6 is 22.6 Å². The zero-order chi connectivity index (χ0) is 9.42. The third kappa shape index (κ3) is 1.45. The van der Waals surface area contributed by atoms with Crippen LogP contribution in [0.4, 0.5) is 0 Å². The summed E-state index contributed by atoms with van der Waals surface area (Å²) in [6.07, 6.45) is 2.07. The van der Waals surface area contributed by atoms with E-state index in [-0.39, 0.29) is 6.04 Å². The Kier molecular flexibility index (Phi) is 2.26. The van der Waals surface area contributed by atoms with E-state index in [1.807, 2.05) is 12.1 Å². The second kappa shape index (κ2) is 3.28. The van der Waals surface area contributed by atoms with Gasteiger partial charge < -0.3 is 5.73 Å². The third-order valence-electron chi connectivity index (χ3n) is 2.46. The van der Waals surface area contributed by atoms with Crippen molar-refractivity contribution in [3.8, 4) is 6.07 Å². The van der Waals surface area contributed by atoms with Crippen molar-refractivity contribution in [2.45, 2.75) is 18.9 Å². The van der Waals surface area contributed by atoms with Gasteiger partial charge in [0.25, 0.3) is 0 Å². The summed E-state index contributed by atoms with van der Waals surface area (Å²) in [5, 5.41) is 8.79. The molecular weight excluding hydrogens is 275 g/mol. The molecule has 1 aromatic carbocycles. The molecule has 0 saturated heterocycles. The highest BCUT2D eigenvalue weighted by Crippen LogP contribution is 2.33. The molecule has 66 valence electrons. The first-order valence-corrected chi connectivity index (χ1v) is 5.28. The van der Waals surface area contributed by atoms with E-state index < -0.39 is 0 Å². The van der Waals surface area contributed by atoms with Crippen LogP contribution in [-0.2, 0) is 6.42 Å². The van der Waals surface area contributed by atoms with Crippen molar-refractivity contribution in [3.05, 3.63) is 32.4 Å². The fourth-order valence-electron chi connectivity index (χ4n) is 1.77. The Labute approximate surface area is 90.9 Å². The van der Waals surface area contributed by atoms with Crippen molar-refractivity contribution in [3.63, 3.8) is 0 Å². The Morgan fingerprint density at radius 2 is 2.31 bits per heavy atom. The van der Waals surface area contributed by atoms with Crippen LogP contribution in [0.3, 0.4) is 0 Å². The summed E-state index contributed by atoms with van der Waals surface area (Å²) in [6.45, 7) is 0. The molecule has 0 amide bonds. The fraction of sp³-hybridized carbons (Fsp3) is 0.300. The van der Waals surface area contributed by atoms with E-state index in [4.69, 9.17) is 11.0 Å². The van der Waals surface area contributed by atoms with Gasteiger partial charge in [0.2, 0.25) is 0 Å². The van der Waals surface area contributed by atoms with Crippen molar-refractivity contribution in [2.75, 3.05) is 0 Å². The molecule has 0 spiro atoms. The van der Waals surface area contributed by atoms with E-state index >= 15 is 0 Å². The van der Waals surface area contributed by atoms with Crippen LogP contribution in [0, 0.1) is 14.9 Å². The molecule has 0 aliphatic heterocycles. The maximum absolute atomic E-state index is 8.79. The number of halogens is 1. The molecule has 2 rings (SSSR count). The first-order chi connectivity index (χ1) is 6.22. The average Bonchev–Trinajstić information content (AvgIpc) is 2.48. The van der Waals surface area contributed by atoms with E-state index in [0.29, 0.717) is 0 Å². The molecule has 0 radical (unpaired) electrons. The standard InChI is InChI=1S/C10H9IN2/c11-9-4-6(5-12)3-8-7(9)1-2-10(8)13/h3-4,10H,1-2,13H2/t10-/m1/s1. The van der Waals surface area contributed by atoms with Crippen LogP contribution in [-0.4, -0.2) is 0 Å². The highest BCUT2D eigenvalue weighted by molar-refractivity contribution is 14.1. The SMILES string of the molecule is N#Cc1cc(I)c2c(c1)[C@H](N)CC2. The Hall–Kier alpha value is -0.600. The zero-order valence-electron chi connectivity index (χ0n) is 7.05. The van der Waals surface area contributed by atoms with Crippen LogP contribution in [0.5, 0.6) is 0 Å². The quantitative estimate of drug-likeness (QED) is 0.742. The second-order valence-corrected chi connectivity index (χ2v) is 4.45. The molecule has 0 fully saturated rings. The van der Waals surface area contributed by atoms with Crippen molar-refractivity contribution >= 4 is 22.6 Å². The predicted octanol–water partition coefficient (Wildman–Crippen LogP) is 2.11. The van der Waals surface area contributed by atoms with Crippen molar-refractivity contribution < 1.29 is 0 Å². The largest absolute Gasteiger partial charge is 0.324 e. The first-order valence-electron chi connectivity index (χ1n) is 4.20. The molecule has 0 aromatic heterocycles. The number of nitrogens with zero attached hydrogens (tertiary/aromatic N) is 1. The highest BCUT2D eigenvalue weighted by atomic mass is 127. The number of nitriles is 1. The average molecular weight is 284 g/mol. The van der Waals surface area contributed by atoms with Crippen molar-refractivity contribution in [1.82, 2.24) is 0 Å². The smallest absolute Gasteiger partial charge is 0.0992 e.